The van der Waals surface area contributed by atoms with Gasteiger partial charge in [0.1, 0.15) is 0 Å². The molecule has 0 radical (unpaired) electrons. The Labute approximate surface area is 97.1 Å². The molecule has 1 N–H and O–H groups in total. The van der Waals surface area contributed by atoms with Gasteiger partial charge in [0.25, 0.3) is 0 Å². The summed E-state index contributed by atoms with van der Waals surface area (Å²) in [6.07, 6.45) is 5.98. The zero-order valence-electron chi connectivity index (χ0n) is 9.72. The average molecular weight is 223 g/mol. The van der Waals surface area contributed by atoms with Crippen LogP contribution < -0.4 is 0 Å². The largest absolute Gasteiger partial charge is 0.396 e. The van der Waals surface area contributed by atoms with Gasteiger partial charge in [-0.15, -0.1) is 0 Å². The van der Waals surface area contributed by atoms with Gasteiger partial charge < -0.3 is 9.84 Å². The fourth-order valence-corrected chi connectivity index (χ4v) is 3.65. The molecule has 0 amide bonds. The molecule has 1 aliphatic heterocycles. The van der Waals surface area contributed by atoms with Crippen molar-refractivity contribution in [3.05, 3.63) is 12.2 Å². The second kappa shape index (κ2) is 4.47. The topological polar surface area (TPSA) is 32.7 Å². The minimum Gasteiger partial charge on any atom is -0.396 e. The number of ether oxygens (including phenoxy) is 1. The van der Waals surface area contributed by atoms with Crippen LogP contribution in [0.3, 0.4) is 0 Å². The molecule has 3 rings (SSSR count). The molecule has 1 saturated heterocycles. The quantitative estimate of drug-likeness (QED) is 0.717. The van der Waals surface area contributed by atoms with E-state index >= 15 is 0 Å². The first-order valence-electron chi connectivity index (χ1n) is 6.48. The van der Waals surface area contributed by atoms with Gasteiger partial charge in [-0.1, -0.05) is 12.2 Å². The average Bonchev–Trinajstić information content (AvgIpc) is 2.91. The highest BCUT2D eigenvalue weighted by atomic mass is 16.5. The Kier molecular flexibility index (Phi) is 3.01. The van der Waals surface area contributed by atoms with E-state index in [0.29, 0.717) is 24.4 Å². The van der Waals surface area contributed by atoms with E-state index in [0.717, 1.165) is 38.8 Å². The molecule has 2 fully saturated rings. The van der Waals surface area contributed by atoms with Crippen molar-refractivity contribution in [2.75, 3.05) is 39.5 Å². The number of fused-ring (bicyclic) bond motifs is 2. The predicted molar refractivity (Wildman–Crippen MR) is 62.1 cm³/mol. The molecule has 3 nitrogen and oxygen atoms in total. The van der Waals surface area contributed by atoms with Crippen LogP contribution in [0.1, 0.15) is 6.42 Å². The van der Waals surface area contributed by atoms with E-state index < -0.39 is 0 Å². The van der Waals surface area contributed by atoms with Gasteiger partial charge in [0.2, 0.25) is 0 Å². The third-order valence-corrected chi connectivity index (χ3v) is 4.58. The molecule has 0 aromatic rings. The predicted octanol–water partition coefficient (Wildman–Crippen LogP) is 0.749. The lowest BCUT2D eigenvalue weighted by atomic mass is 9.83. The molecule has 16 heavy (non-hydrogen) atoms. The fraction of sp³-hybridized carbons (Fsp3) is 0.846. The highest BCUT2D eigenvalue weighted by Crippen LogP contribution is 2.47. The Balaban J connectivity index is 1.63. The van der Waals surface area contributed by atoms with E-state index in [-0.39, 0.29) is 0 Å². The molecule has 4 atom stereocenters. The van der Waals surface area contributed by atoms with E-state index in [1.165, 1.54) is 6.42 Å². The summed E-state index contributed by atoms with van der Waals surface area (Å²) < 4.78 is 5.37. The van der Waals surface area contributed by atoms with Gasteiger partial charge in [-0.25, -0.2) is 0 Å². The van der Waals surface area contributed by atoms with Crippen LogP contribution in [0.4, 0.5) is 0 Å². The van der Waals surface area contributed by atoms with Crippen LogP contribution in [0.25, 0.3) is 0 Å². The minimum absolute atomic E-state index is 0.362. The van der Waals surface area contributed by atoms with Crippen molar-refractivity contribution in [1.82, 2.24) is 4.90 Å². The van der Waals surface area contributed by atoms with Crippen molar-refractivity contribution in [2.45, 2.75) is 6.42 Å². The Morgan fingerprint density at radius 1 is 1.12 bits per heavy atom. The molecule has 3 aliphatic rings. The number of hydrogen-bond donors (Lipinski definition) is 1. The van der Waals surface area contributed by atoms with Gasteiger partial charge in [-0.2, -0.15) is 0 Å². The highest BCUT2D eigenvalue weighted by molar-refractivity contribution is 5.13. The SMILES string of the molecule is OC[C@H]1[C@@H](CN2CCOCC2)[C@H]2C=C[C@@H]1C2. The van der Waals surface area contributed by atoms with Crippen molar-refractivity contribution in [1.29, 1.82) is 0 Å². The second-order valence-electron chi connectivity index (χ2n) is 5.37. The Hall–Kier alpha value is -0.380. The second-order valence-corrected chi connectivity index (χ2v) is 5.37. The van der Waals surface area contributed by atoms with E-state index in [4.69, 9.17) is 4.74 Å². The monoisotopic (exact) mass is 223 g/mol. The molecule has 0 spiro atoms. The van der Waals surface area contributed by atoms with Gasteiger partial charge >= 0.3 is 0 Å². The number of allylic oxidation sites excluding steroid dienone is 2. The van der Waals surface area contributed by atoms with E-state index in [9.17, 15) is 5.11 Å². The van der Waals surface area contributed by atoms with E-state index in [1.54, 1.807) is 0 Å². The van der Waals surface area contributed by atoms with Gasteiger partial charge in [0.15, 0.2) is 0 Å². The number of aliphatic hydroxyl groups excluding tert-OH is 1. The first-order valence-corrected chi connectivity index (χ1v) is 6.48. The summed E-state index contributed by atoms with van der Waals surface area (Å²) in [7, 11) is 0. The third kappa shape index (κ3) is 1.81. The molecule has 0 unspecified atom stereocenters. The fourth-order valence-electron chi connectivity index (χ4n) is 3.65. The highest BCUT2D eigenvalue weighted by Gasteiger charge is 2.44. The molecule has 90 valence electrons. The minimum atomic E-state index is 0.362. The van der Waals surface area contributed by atoms with Crippen molar-refractivity contribution in [2.24, 2.45) is 23.7 Å². The number of nitrogens with zero attached hydrogens (tertiary/aromatic N) is 1. The lowest BCUT2D eigenvalue weighted by Crippen LogP contribution is -2.42. The smallest absolute Gasteiger partial charge is 0.0594 e. The molecule has 1 saturated carbocycles. The van der Waals surface area contributed by atoms with Crippen molar-refractivity contribution in [3.8, 4) is 0 Å². The first-order chi connectivity index (χ1) is 7.88. The van der Waals surface area contributed by atoms with Gasteiger partial charge in [-0.3, -0.25) is 4.90 Å². The Morgan fingerprint density at radius 3 is 2.50 bits per heavy atom. The Morgan fingerprint density at radius 2 is 1.81 bits per heavy atom. The molecule has 0 aromatic heterocycles. The van der Waals surface area contributed by atoms with Crippen LogP contribution in [-0.2, 0) is 4.74 Å². The molecule has 0 aromatic carbocycles. The van der Waals surface area contributed by atoms with Crippen molar-refractivity contribution < 1.29 is 9.84 Å². The van der Waals surface area contributed by atoms with Crippen LogP contribution >= 0.6 is 0 Å². The molecule has 2 bridgehead atoms. The summed E-state index contributed by atoms with van der Waals surface area (Å²) in [5, 5.41) is 9.51. The standard InChI is InChI=1S/C13H21NO2/c15-9-13-11-2-1-10(7-11)12(13)8-14-3-5-16-6-4-14/h1-2,10-13,15H,3-9H2/t10-,11+,12-,13+/m0/s1. The summed E-state index contributed by atoms with van der Waals surface area (Å²) in [6, 6.07) is 0. The molecule has 1 heterocycles. The van der Waals surface area contributed by atoms with Crippen LogP contribution in [0, 0.1) is 23.7 Å². The van der Waals surface area contributed by atoms with E-state index in [2.05, 4.69) is 17.1 Å². The van der Waals surface area contributed by atoms with Crippen molar-refractivity contribution >= 4 is 0 Å². The summed E-state index contributed by atoms with van der Waals surface area (Å²) in [6.45, 7) is 5.40. The molecular weight excluding hydrogens is 202 g/mol. The number of rotatable bonds is 3. The maximum absolute atomic E-state index is 9.51. The van der Waals surface area contributed by atoms with Crippen molar-refractivity contribution in [3.63, 3.8) is 0 Å². The normalized spacial score (nSPS) is 43.1. The summed E-state index contributed by atoms with van der Waals surface area (Å²) in [5.74, 6) is 2.57. The van der Waals surface area contributed by atoms with Crippen LogP contribution in [0.2, 0.25) is 0 Å². The maximum atomic E-state index is 9.51. The number of morpholine rings is 1. The summed E-state index contributed by atoms with van der Waals surface area (Å²) in [4.78, 5) is 2.51. The molecule has 2 aliphatic carbocycles. The van der Waals surface area contributed by atoms with Gasteiger partial charge in [0.05, 0.1) is 13.2 Å². The van der Waals surface area contributed by atoms with Gasteiger partial charge in [0, 0.05) is 26.2 Å². The van der Waals surface area contributed by atoms with Gasteiger partial charge in [-0.05, 0) is 30.1 Å². The van der Waals surface area contributed by atoms with Crippen LogP contribution in [0.15, 0.2) is 12.2 Å². The first kappa shape index (κ1) is 10.8. The van der Waals surface area contributed by atoms with Crippen LogP contribution in [-0.4, -0.2) is 49.5 Å². The number of hydrogen-bond acceptors (Lipinski definition) is 3. The molecular formula is C13H21NO2. The van der Waals surface area contributed by atoms with E-state index in [1.807, 2.05) is 0 Å². The maximum Gasteiger partial charge on any atom is 0.0594 e. The number of aliphatic hydroxyl groups is 1. The lowest BCUT2D eigenvalue weighted by molar-refractivity contribution is 0.0206. The summed E-state index contributed by atoms with van der Waals surface area (Å²) in [5.41, 5.74) is 0. The lowest BCUT2D eigenvalue weighted by Gasteiger charge is -2.34. The zero-order valence-corrected chi connectivity index (χ0v) is 9.72. The zero-order chi connectivity index (χ0) is 11.0. The third-order valence-electron chi connectivity index (χ3n) is 4.58. The Bertz CT molecular complexity index is 273. The van der Waals surface area contributed by atoms with Crippen LogP contribution in [0.5, 0.6) is 0 Å². The summed E-state index contributed by atoms with van der Waals surface area (Å²) >= 11 is 0. The molecule has 3 heteroatoms.